The van der Waals surface area contributed by atoms with E-state index in [2.05, 4.69) is 20.3 Å². The van der Waals surface area contributed by atoms with E-state index in [1.54, 1.807) is 19.2 Å². The number of nitrogens with one attached hydrogen (secondary N) is 2. The van der Waals surface area contributed by atoms with Crippen LogP contribution < -0.4 is 11.1 Å². The maximum absolute atomic E-state index is 11.1. The average molecular weight is 256 g/mol. The number of hydrogen-bond acceptors (Lipinski definition) is 5. The lowest BCUT2D eigenvalue weighted by Gasteiger charge is -2.05. The summed E-state index contributed by atoms with van der Waals surface area (Å²) in [6.45, 7) is 1.90. The number of aryl methyl sites for hydroxylation is 1. The number of oxazole rings is 1. The van der Waals surface area contributed by atoms with Crippen LogP contribution in [0, 0.1) is 6.92 Å². The van der Waals surface area contributed by atoms with Crippen molar-refractivity contribution in [2.45, 2.75) is 6.92 Å². The second-order valence-electron chi connectivity index (χ2n) is 4.19. The fraction of sp³-hybridized carbons (Fsp3) is 0.154. The molecule has 0 aliphatic heterocycles. The molecule has 19 heavy (non-hydrogen) atoms. The molecule has 1 aromatic carbocycles. The molecule has 0 radical (unpaired) electrons. The number of nitrogens with zero attached hydrogens (tertiary/aromatic N) is 2. The summed E-state index contributed by atoms with van der Waals surface area (Å²) >= 11 is 0. The second kappa shape index (κ2) is 4.24. The van der Waals surface area contributed by atoms with Gasteiger partial charge in [-0.25, -0.2) is 14.8 Å². The molecule has 6 heteroatoms. The third kappa shape index (κ3) is 2.08. The number of aromatic nitrogens is 3. The predicted octanol–water partition coefficient (Wildman–Crippen LogP) is 1.93. The summed E-state index contributed by atoms with van der Waals surface area (Å²) in [7, 11) is 1.77. The molecule has 2 aromatic heterocycles. The minimum Gasteiger partial charge on any atom is -0.408 e. The Morgan fingerprint density at radius 3 is 2.89 bits per heavy atom. The molecule has 0 amide bonds. The van der Waals surface area contributed by atoms with E-state index in [1.165, 1.54) is 0 Å². The number of H-pyrrole nitrogens is 1. The zero-order valence-corrected chi connectivity index (χ0v) is 10.5. The van der Waals surface area contributed by atoms with Crippen LogP contribution >= 0.6 is 0 Å². The van der Waals surface area contributed by atoms with Gasteiger partial charge in [0.1, 0.15) is 0 Å². The van der Waals surface area contributed by atoms with Crippen molar-refractivity contribution in [3.63, 3.8) is 0 Å². The van der Waals surface area contributed by atoms with E-state index in [0.29, 0.717) is 17.0 Å². The fourth-order valence-electron chi connectivity index (χ4n) is 1.93. The van der Waals surface area contributed by atoms with Gasteiger partial charge in [-0.2, -0.15) is 0 Å². The third-order valence-corrected chi connectivity index (χ3v) is 2.79. The van der Waals surface area contributed by atoms with Crippen LogP contribution in [0.4, 0.5) is 5.95 Å². The quantitative estimate of drug-likeness (QED) is 0.732. The van der Waals surface area contributed by atoms with E-state index in [9.17, 15) is 4.79 Å². The first kappa shape index (κ1) is 11.5. The van der Waals surface area contributed by atoms with Crippen molar-refractivity contribution in [1.29, 1.82) is 0 Å². The Balaban J connectivity index is 2.17. The van der Waals surface area contributed by atoms with E-state index in [0.717, 1.165) is 17.0 Å². The monoisotopic (exact) mass is 256 g/mol. The number of benzene rings is 1. The first-order valence-corrected chi connectivity index (χ1v) is 5.82. The van der Waals surface area contributed by atoms with Gasteiger partial charge in [0.15, 0.2) is 5.58 Å². The summed E-state index contributed by atoms with van der Waals surface area (Å²) in [5.41, 5.74) is 3.71. The molecule has 3 aromatic rings. The summed E-state index contributed by atoms with van der Waals surface area (Å²) in [6, 6.07) is 7.35. The molecule has 0 atom stereocenters. The summed E-state index contributed by atoms with van der Waals surface area (Å²) < 4.78 is 5.05. The van der Waals surface area contributed by atoms with Gasteiger partial charge in [0, 0.05) is 18.3 Å². The normalized spacial score (nSPS) is 10.8. The summed E-state index contributed by atoms with van der Waals surface area (Å²) in [5.74, 6) is 0.104. The first-order valence-electron chi connectivity index (χ1n) is 5.82. The van der Waals surface area contributed by atoms with Crippen LogP contribution in [-0.4, -0.2) is 22.0 Å². The van der Waals surface area contributed by atoms with Gasteiger partial charge < -0.3 is 9.73 Å². The number of anilines is 1. The molecule has 0 bridgehead atoms. The highest BCUT2D eigenvalue weighted by Gasteiger charge is 2.07. The molecule has 0 unspecified atom stereocenters. The molecular formula is C13H12N4O2. The highest BCUT2D eigenvalue weighted by atomic mass is 16.4. The molecule has 0 saturated heterocycles. The van der Waals surface area contributed by atoms with Gasteiger partial charge in [-0.15, -0.1) is 0 Å². The zero-order valence-electron chi connectivity index (χ0n) is 10.5. The molecule has 96 valence electrons. The Morgan fingerprint density at radius 1 is 1.26 bits per heavy atom. The Morgan fingerprint density at radius 2 is 2.11 bits per heavy atom. The van der Waals surface area contributed by atoms with E-state index in [1.807, 2.05) is 19.1 Å². The lowest BCUT2D eigenvalue weighted by Crippen LogP contribution is -1.99. The first-order chi connectivity index (χ1) is 9.15. The molecule has 0 spiro atoms. The minimum atomic E-state index is -0.457. The summed E-state index contributed by atoms with van der Waals surface area (Å²) in [6.07, 6.45) is 0. The van der Waals surface area contributed by atoms with Crippen molar-refractivity contribution >= 4 is 17.0 Å². The van der Waals surface area contributed by atoms with Crippen LogP contribution in [0.1, 0.15) is 5.69 Å². The average Bonchev–Trinajstić information content (AvgIpc) is 2.76. The van der Waals surface area contributed by atoms with Crippen molar-refractivity contribution in [2.24, 2.45) is 0 Å². The van der Waals surface area contributed by atoms with E-state index < -0.39 is 5.76 Å². The van der Waals surface area contributed by atoms with E-state index in [4.69, 9.17) is 4.42 Å². The Labute approximate surface area is 108 Å². The van der Waals surface area contributed by atoms with Crippen LogP contribution in [0.3, 0.4) is 0 Å². The lowest BCUT2D eigenvalue weighted by molar-refractivity contribution is 0.555. The van der Waals surface area contributed by atoms with Crippen LogP contribution in [0.5, 0.6) is 0 Å². The fourth-order valence-corrected chi connectivity index (χ4v) is 1.93. The van der Waals surface area contributed by atoms with Crippen molar-refractivity contribution in [1.82, 2.24) is 15.0 Å². The molecule has 0 fully saturated rings. The molecule has 0 saturated carbocycles. The van der Waals surface area contributed by atoms with E-state index in [-0.39, 0.29) is 0 Å². The molecule has 6 nitrogen and oxygen atoms in total. The van der Waals surface area contributed by atoms with Crippen LogP contribution in [-0.2, 0) is 0 Å². The topological polar surface area (TPSA) is 83.8 Å². The maximum atomic E-state index is 11.1. The van der Waals surface area contributed by atoms with Crippen LogP contribution in [0.2, 0.25) is 0 Å². The highest BCUT2D eigenvalue weighted by molar-refractivity contribution is 5.79. The van der Waals surface area contributed by atoms with Gasteiger partial charge in [-0.05, 0) is 25.1 Å². The van der Waals surface area contributed by atoms with Gasteiger partial charge in [-0.3, -0.25) is 4.98 Å². The standard InChI is InChI=1S/C13H12N4O2/c1-7-5-10(16-12(14-2)15-7)8-3-4-9-11(6-8)19-13(18)17-9/h3-6H,1-2H3,(H,17,18)(H,14,15,16). The number of hydrogen-bond donors (Lipinski definition) is 2. The van der Waals surface area contributed by atoms with Crippen molar-refractivity contribution in [3.05, 3.63) is 40.5 Å². The third-order valence-electron chi connectivity index (χ3n) is 2.79. The maximum Gasteiger partial charge on any atom is 0.417 e. The lowest BCUT2D eigenvalue weighted by atomic mass is 10.1. The summed E-state index contributed by atoms with van der Waals surface area (Å²) in [5, 5.41) is 2.92. The van der Waals surface area contributed by atoms with Gasteiger partial charge in [0.05, 0.1) is 11.2 Å². The molecule has 0 aliphatic carbocycles. The smallest absolute Gasteiger partial charge is 0.408 e. The van der Waals surface area contributed by atoms with Gasteiger partial charge in [0.25, 0.3) is 0 Å². The number of aromatic amines is 1. The zero-order chi connectivity index (χ0) is 13.4. The largest absolute Gasteiger partial charge is 0.417 e. The van der Waals surface area contributed by atoms with Crippen molar-refractivity contribution in [3.8, 4) is 11.3 Å². The number of rotatable bonds is 2. The van der Waals surface area contributed by atoms with Crippen molar-refractivity contribution < 1.29 is 4.42 Å². The molecule has 0 aliphatic rings. The van der Waals surface area contributed by atoms with Gasteiger partial charge in [-0.1, -0.05) is 6.07 Å². The minimum absolute atomic E-state index is 0.457. The van der Waals surface area contributed by atoms with Crippen LogP contribution in [0.15, 0.2) is 33.5 Å². The van der Waals surface area contributed by atoms with Gasteiger partial charge >= 0.3 is 5.76 Å². The summed E-state index contributed by atoms with van der Waals surface area (Å²) in [4.78, 5) is 22.4. The second-order valence-corrected chi connectivity index (χ2v) is 4.19. The Bertz CT molecular complexity index is 804. The molecule has 3 rings (SSSR count). The number of fused-ring (bicyclic) bond motifs is 1. The van der Waals surface area contributed by atoms with Gasteiger partial charge in [0.2, 0.25) is 5.95 Å². The highest BCUT2D eigenvalue weighted by Crippen LogP contribution is 2.22. The van der Waals surface area contributed by atoms with Crippen LogP contribution in [0.25, 0.3) is 22.4 Å². The molecule has 2 N–H and O–H groups in total. The SMILES string of the molecule is CNc1nc(C)cc(-c2ccc3[nH]c(=O)oc3c2)n1. The molecular weight excluding hydrogens is 244 g/mol. The van der Waals surface area contributed by atoms with E-state index >= 15 is 0 Å². The van der Waals surface area contributed by atoms with Crippen molar-refractivity contribution in [2.75, 3.05) is 12.4 Å². The Kier molecular flexibility index (Phi) is 2.56. The predicted molar refractivity (Wildman–Crippen MR) is 72.1 cm³/mol. The Hall–Kier alpha value is -2.63. The molecule has 2 heterocycles.